The summed E-state index contributed by atoms with van der Waals surface area (Å²) in [5.74, 6) is -0.0561. The first-order valence-corrected chi connectivity index (χ1v) is 34.5. The van der Waals surface area contributed by atoms with E-state index in [0.717, 1.165) is 38.5 Å². The Balaban J connectivity index is 3.42. The van der Waals surface area contributed by atoms with E-state index in [1.807, 2.05) is 6.08 Å². The minimum Gasteiger partial charge on any atom is -0.466 e. The Hall–Kier alpha value is -1.40. The zero-order valence-electron chi connectivity index (χ0n) is 51.1. The van der Waals surface area contributed by atoms with Crippen LogP contribution in [0.15, 0.2) is 12.2 Å². The van der Waals surface area contributed by atoms with Crippen LogP contribution in [0.3, 0.4) is 0 Å². The molecular weight excluding hydrogens is 923 g/mol. The largest absolute Gasteiger partial charge is 0.466 e. The third-order valence-corrected chi connectivity index (χ3v) is 16.3. The normalized spacial score (nSPS) is 12.5. The molecule has 0 radical (unpaired) electrons. The van der Waals surface area contributed by atoms with E-state index in [9.17, 15) is 19.8 Å². The van der Waals surface area contributed by atoms with Crippen LogP contribution in [0.25, 0.3) is 0 Å². The van der Waals surface area contributed by atoms with Gasteiger partial charge in [0.15, 0.2) is 0 Å². The van der Waals surface area contributed by atoms with Crippen LogP contribution in [0.5, 0.6) is 0 Å². The Kier molecular flexibility index (Phi) is 63.9. The van der Waals surface area contributed by atoms with E-state index in [-0.39, 0.29) is 18.5 Å². The van der Waals surface area contributed by atoms with Gasteiger partial charge in [-0.15, -0.1) is 0 Å². The van der Waals surface area contributed by atoms with Crippen LogP contribution in [0, 0.1) is 0 Å². The van der Waals surface area contributed by atoms with Crippen molar-refractivity contribution >= 4 is 11.9 Å². The number of hydrogen-bond acceptors (Lipinski definition) is 5. The number of aliphatic hydroxyl groups is 2. The summed E-state index contributed by atoms with van der Waals surface area (Å²) in [6.45, 7) is 4.94. The predicted molar refractivity (Wildman–Crippen MR) is 329 cm³/mol. The number of hydrogen-bond donors (Lipinski definition) is 3. The molecule has 0 aliphatic rings. The third-order valence-electron chi connectivity index (χ3n) is 16.3. The Morgan fingerprint density at radius 3 is 0.907 bits per heavy atom. The minimum atomic E-state index is -0.848. The van der Waals surface area contributed by atoms with E-state index in [4.69, 9.17) is 4.74 Å². The first-order chi connectivity index (χ1) is 37.0. The molecule has 0 aliphatic heterocycles. The molecule has 0 aromatic heterocycles. The zero-order chi connectivity index (χ0) is 54.3. The SMILES string of the molecule is CCCCCCCCCCCCCCCCCCCCCCCCC/C=C/C(O)C(CO)NC(=O)CCCCCCCCCCCCCCCCCCCCOC(=O)CCCCCCCCCCCCCCCCC. The van der Waals surface area contributed by atoms with Crippen molar-refractivity contribution in [2.24, 2.45) is 0 Å². The second kappa shape index (κ2) is 65.1. The van der Waals surface area contributed by atoms with Gasteiger partial charge in [0, 0.05) is 12.8 Å². The van der Waals surface area contributed by atoms with Gasteiger partial charge >= 0.3 is 5.97 Å². The Morgan fingerprint density at radius 2 is 0.613 bits per heavy atom. The van der Waals surface area contributed by atoms with Gasteiger partial charge in [-0.05, 0) is 32.1 Å². The van der Waals surface area contributed by atoms with Crippen molar-refractivity contribution < 1.29 is 24.5 Å². The maximum atomic E-state index is 12.5. The molecule has 2 atom stereocenters. The molecule has 3 N–H and O–H groups in total. The lowest BCUT2D eigenvalue weighted by atomic mass is 10.0. The number of carbonyl (C=O) groups is 2. The first-order valence-electron chi connectivity index (χ1n) is 34.5. The van der Waals surface area contributed by atoms with Crippen LogP contribution < -0.4 is 5.32 Å². The molecule has 0 aromatic rings. The second-order valence-electron chi connectivity index (χ2n) is 23.9. The van der Waals surface area contributed by atoms with Gasteiger partial charge in [0.25, 0.3) is 0 Å². The van der Waals surface area contributed by atoms with Crippen LogP contribution >= 0.6 is 0 Å². The van der Waals surface area contributed by atoms with Crippen molar-refractivity contribution in [3.8, 4) is 0 Å². The number of carbonyl (C=O) groups excluding carboxylic acids is 2. The summed E-state index contributed by atoms with van der Waals surface area (Å²) in [4.78, 5) is 24.6. The highest BCUT2D eigenvalue weighted by Gasteiger charge is 2.18. The van der Waals surface area contributed by atoms with E-state index >= 15 is 0 Å². The van der Waals surface area contributed by atoms with Crippen LogP contribution in [0.2, 0.25) is 0 Å². The molecule has 0 spiro atoms. The number of esters is 1. The fraction of sp³-hybridized carbons (Fsp3) is 0.942. The van der Waals surface area contributed by atoms with E-state index in [0.29, 0.717) is 19.4 Å². The topological polar surface area (TPSA) is 95.9 Å². The summed E-state index contributed by atoms with van der Waals surface area (Å²) >= 11 is 0. The van der Waals surface area contributed by atoms with Crippen molar-refractivity contribution in [3.05, 3.63) is 12.2 Å². The Morgan fingerprint density at radius 1 is 0.360 bits per heavy atom. The molecule has 0 aromatic carbocycles. The van der Waals surface area contributed by atoms with Gasteiger partial charge in [-0.3, -0.25) is 9.59 Å². The lowest BCUT2D eigenvalue weighted by molar-refractivity contribution is -0.143. The van der Waals surface area contributed by atoms with Gasteiger partial charge in [0.1, 0.15) is 0 Å². The molecular formula is C69H135NO5. The van der Waals surface area contributed by atoms with Crippen LogP contribution in [-0.2, 0) is 14.3 Å². The standard InChI is InChI=1S/C69H135NO5/c1-3-5-7-9-11-13-15-17-19-20-21-22-23-24-25-26-27-30-34-37-41-45-49-53-57-61-67(72)66(65-71)70-68(73)62-58-54-50-46-42-38-35-31-28-29-32-36-40-44-48-52-56-60-64-75-69(74)63-59-55-51-47-43-39-33-18-16-14-12-10-8-6-4-2/h57,61,66-67,71-72H,3-56,58-60,62-65H2,1-2H3,(H,70,73)/b61-57+. The third kappa shape index (κ3) is 61.7. The monoisotopic (exact) mass is 1060 g/mol. The number of unbranched alkanes of at least 4 members (excludes halogenated alkanes) is 54. The zero-order valence-corrected chi connectivity index (χ0v) is 51.1. The fourth-order valence-corrected chi connectivity index (χ4v) is 11.1. The molecule has 0 heterocycles. The molecule has 1 amide bonds. The predicted octanol–water partition coefficient (Wildman–Crippen LogP) is 22.0. The van der Waals surface area contributed by atoms with Crippen molar-refractivity contribution in [3.63, 3.8) is 0 Å². The van der Waals surface area contributed by atoms with Gasteiger partial charge < -0.3 is 20.3 Å². The molecule has 0 saturated heterocycles. The number of rotatable bonds is 65. The van der Waals surface area contributed by atoms with Crippen molar-refractivity contribution in [1.82, 2.24) is 5.32 Å². The number of amides is 1. The molecule has 0 aliphatic carbocycles. The summed E-state index contributed by atoms with van der Waals surface area (Å²) in [5.41, 5.74) is 0. The Labute approximate surface area is 469 Å². The number of allylic oxidation sites excluding steroid dienone is 1. The van der Waals surface area contributed by atoms with Gasteiger partial charge in [-0.1, -0.05) is 360 Å². The van der Waals surface area contributed by atoms with Crippen LogP contribution in [-0.4, -0.2) is 47.4 Å². The molecule has 0 rings (SSSR count). The molecule has 0 bridgehead atoms. The quantitative estimate of drug-likeness (QED) is 0.0320. The maximum absolute atomic E-state index is 12.5. The molecule has 0 saturated carbocycles. The van der Waals surface area contributed by atoms with E-state index < -0.39 is 12.1 Å². The number of ether oxygens (including phenoxy) is 1. The van der Waals surface area contributed by atoms with Crippen LogP contribution in [0.1, 0.15) is 393 Å². The summed E-state index contributed by atoms with van der Waals surface area (Å²) in [7, 11) is 0. The minimum absolute atomic E-state index is 0.0107. The molecule has 2 unspecified atom stereocenters. The lowest BCUT2D eigenvalue weighted by Gasteiger charge is -2.20. The highest BCUT2D eigenvalue weighted by atomic mass is 16.5. The molecule has 6 nitrogen and oxygen atoms in total. The van der Waals surface area contributed by atoms with Crippen molar-refractivity contribution in [2.45, 2.75) is 405 Å². The molecule has 75 heavy (non-hydrogen) atoms. The molecule has 446 valence electrons. The van der Waals surface area contributed by atoms with Crippen molar-refractivity contribution in [1.29, 1.82) is 0 Å². The number of nitrogens with one attached hydrogen (secondary N) is 1. The highest BCUT2D eigenvalue weighted by Crippen LogP contribution is 2.19. The average Bonchev–Trinajstić information content (AvgIpc) is 3.41. The van der Waals surface area contributed by atoms with E-state index in [2.05, 4.69) is 19.2 Å². The average molecular weight is 1060 g/mol. The maximum Gasteiger partial charge on any atom is 0.305 e. The van der Waals surface area contributed by atoms with Gasteiger partial charge in [-0.25, -0.2) is 0 Å². The fourth-order valence-electron chi connectivity index (χ4n) is 11.1. The summed E-state index contributed by atoms with van der Waals surface area (Å²) < 4.78 is 5.49. The summed E-state index contributed by atoms with van der Waals surface area (Å²) in [6, 6.07) is -0.632. The van der Waals surface area contributed by atoms with Crippen molar-refractivity contribution in [2.75, 3.05) is 13.2 Å². The highest BCUT2D eigenvalue weighted by molar-refractivity contribution is 5.76. The summed E-state index contributed by atoms with van der Waals surface area (Å²) in [5, 5.41) is 23.3. The first kappa shape index (κ1) is 73.6. The molecule has 0 fully saturated rings. The smallest absolute Gasteiger partial charge is 0.305 e. The van der Waals surface area contributed by atoms with Gasteiger partial charge in [0.2, 0.25) is 5.91 Å². The van der Waals surface area contributed by atoms with E-state index in [1.54, 1.807) is 6.08 Å². The van der Waals surface area contributed by atoms with E-state index in [1.165, 1.54) is 327 Å². The summed E-state index contributed by atoms with van der Waals surface area (Å²) in [6.07, 6.45) is 79.9. The van der Waals surface area contributed by atoms with Crippen LogP contribution in [0.4, 0.5) is 0 Å². The van der Waals surface area contributed by atoms with Gasteiger partial charge in [0.05, 0.1) is 25.4 Å². The second-order valence-corrected chi connectivity index (χ2v) is 23.9. The number of aliphatic hydroxyl groups excluding tert-OH is 2. The molecule has 6 heteroatoms. The lowest BCUT2D eigenvalue weighted by Crippen LogP contribution is -2.45. The Bertz CT molecular complexity index is 1130. The van der Waals surface area contributed by atoms with Gasteiger partial charge in [-0.2, -0.15) is 0 Å².